The van der Waals surface area contributed by atoms with Crippen LogP contribution in [0.4, 0.5) is 10.5 Å². The Hall–Kier alpha value is -3.85. The van der Waals surface area contributed by atoms with Gasteiger partial charge in [0.2, 0.25) is 0 Å². The topological polar surface area (TPSA) is 133 Å². The maximum atomic E-state index is 12.8. The SMILES string of the molecule is O=C(O)COc1ccc(Cl)cc1/C=C1\C(=O)NC(=O)N(c2ccc(O)cc2)C1=O. The van der Waals surface area contributed by atoms with Gasteiger partial charge in [-0.05, 0) is 48.5 Å². The van der Waals surface area contributed by atoms with E-state index in [0.717, 1.165) is 11.0 Å². The number of nitrogens with zero attached hydrogens (tertiary/aromatic N) is 1. The molecule has 1 heterocycles. The summed E-state index contributed by atoms with van der Waals surface area (Å²) in [5, 5.41) is 20.5. The van der Waals surface area contributed by atoms with Crippen LogP contribution in [0.15, 0.2) is 48.0 Å². The number of phenolic OH excluding ortho intramolecular Hbond substituents is 1. The van der Waals surface area contributed by atoms with Crippen LogP contribution in [0.5, 0.6) is 11.5 Å². The highest BCUT2D eigenvalue weighted by Gasteiger charge is 2.37. The molecule has 0 radical (unpaired) electrons. The Morgan fingerprint density at radius 1 is 1.14 bits per heavy atom. The number of carbonyl (C=O) groups excluding carboxylic acids is 3. The van der Waals surface area contributed by atoms with E-state index in [4.69, 9.17) is 21.4 Å². The Labute approximate surface area is 168 Å². The average Bonchev–Trinajstić information content (AvgIpc) is 2.65. The molecule has 0 atom stereocenters. The number of carbonyl (C=O) groups is 4. The molecule has 2 aromatic rings. The number of carboxylic acids is 1. The molecule has 3 N–H and O–H groups in total. The van der Waals surface area contributed by atoms with Gasteiger partial charge in [-0.25, -0.2) is 14.5 Å². The number of imide groups is 2. The lowest BCUT2D eigenvalue weighted by atomic mass is 10.1. The number of anilines is 1. The summed E-state index contributed by atoms with van der Waals surface area (Å²) in [6.45, 7) is -0.643. The molecule has 0 saturated carbocycles. The summed E-state index contributed by atoms with van der Waals surface area (Å²) in [7, 11) is 0. The molecule has 0 aromatic heterocycles. The molecular formula is C19H13ClN2O7. The third kappa shape index (κ3) is 4.36. The molecule has 3 rings (SSSR count). The minimum Gasteiger partial charge on any atom is -0.508 e. The minimum atomic E-state index is -1.21. The van der Waals surface area contributed by atoms with Crippen molar-refractivity contribution in [1.29, 1.82) is 0 Å². The van der Waals surface area contributed by atoms with E-state index >= 15 is 0 Å². The third-order valence-electron chi connectivity index (χ3n) is 3.83. The number of urea groups is 1. The van der Waals surface area contributed by atoms with Crippen molar-refractivity contribution in [1.82, 2.24) is 5.32 Å². The quantitative estimate of drug-likeness (QED) is 0.502. The number of barbiturate groups is 1. The Balaban J connectivity index is 2.01. The van der Waals surface area contributed by atoms with E-state index in [1.165, 1.54) is 42.5 Å². The molecule has 2 aromatic carbocycles. The summed E-state index contributed by atoms with van der Waals surface area (Å²) in [6, 6.07) is 8.52. The molecule has 0 spiro atoms. The van der Waals surface area contributed by atoms with Crippen molar-refractivity contribution < 1.29 is 34.1 Å². The molecule has 4 amide bonds. The lowest BCUT2D eigenvalue weighted by Gasteiger charge is -2.26. The Bertz CT molecular complexity index is 1050. The molecule has 0 unspecified atom stereocenters. The van der Waals surface area contributed by atoms with Gasteiger partial charge in [-0.3, -0.25) is 14.9 Å². The smallest absolute Gasteiger partial charge is 0.341 e. The van der Waals surface area contributed by atoms with Gasteiger partial charge in [-0.15, -0.1) is 0 Å². The monoisotopic (exact) mass is 416 g/mol. The first-order valence-electron chi connectivity index (χ1n) is 8.11. The number of amides is 4. The number of rotatable bonds is 5. The van der Waals surface area contributed by atoms with Gasteiger partial charge < -0.3 is 14.9 Å². The van der Waals surface area contributed by atoms with Crippen LogP contribution in [0.25, 0.3) is 6.08 Å². The predicted molar refractivity (Wildman–Crippen MR) is 102 cm³/mol. The van der Waals surface area contributed by atoms with Crippen molar-refractivity contribution in [3.05, 3.63) is 58.6 Å². The summed E-state index contributed by atoms with van der Waals surface area (Å²) in [5.41, 5.74) is -0.0745. The van der Waals surface area contributed by atoms with E-state index < -0.39 is 30.4 Å². The highest BCUT2D eigenvalue weighted by Crippen LogP contribution is 2.28. The molecule has 0 aliphatic carbocycles. The van der Waals surface area contributed by atoms with Gasteiger partial charge in [0.25, 0.3) is 11.8 Å². The standard InChI is InChI=1S/C19H13ClN2O7/c20-11-1-6-15(29-9-16(24)25)10(7-11)8-14-17(26)21-19(28)22(18(14)27)12-2-4-13(23)5-3-12/h1-8,23H,9H2,(H,24,25)(H,21,26,28)/b14-8+. The maximum absolute atomic E-state index is 12.8. The second-order valence-electron chi connectivity index (χ2n) is 5.84. The van der Waals surface area contributed by atoms with Crippen molar-refractivity contribution in [2.24, 2.45) is 0 Å². The molecule has 0 bridgehead atoms. The van der Waals surface area contributed by atoms with E-state index in [2.05, 4.69) is 5.32 Å². The molecule has 10 heteroatoms. The van der Waals surface area contributed by atoms with Crippen LogP contribution < -0.4 is 15.0 Å². The van der Waals surface area contributed by atoms with E-state index in [9.17, 15) is 24.3 Å². The zero-order chi connectivity index (χ0) is 21.1. The molecule has 1 fully saturated rings. The summed E-state index contributed by atoms with van der Waals surface area (Å²) in [6.07, 6.45) is 1.15. The number of hydrogen-bond acceptors (Lipinski definition) is 6. The van der Waals surface area contributed by atoms with E-state index in [0.29, 0.717) is 0 Å². The van der Waals surface area contributed by atoms with Crippen molar-refractivity contribution in [3.8, 4) is 11.5 Å². The molecule has 29 heavy (non-hydrogen) atoms. The van der Waals surface area contributed by atoms with Gasteiger partial charge in [0, 0.05) is 10.6 Å². The number of aromatic hydroxyl groups is 1. The first-order valence-corrected chi connectivity index (χ1v) is 8.48. The fourth-order valence-electron chi connectivity index (χ4n) is 2.55. The molecular weight excluding hydrogens is 404 g/mol. The minimum absolute atomic E-state index is 0.0652. The summed E-state index contributed by atoms with van der Waals surface area (Å²) >= 11 is 5.96. The van der Waals surface area contributed by atoms with Gasteiger partial charge in [0.05, 0.1) is 5.69 Å². The van der Waals surface area contributed by atoms with Crippen LogP contribution in [-0.4, -0.2) is 40.6 Å². The fourth-order valence-corrected chi connectivity index (χ4v) is 2.73. The maximum Gasteiger partial charge on any atom is 0.341 e. The third-order valence-corrected chi connectivity index (χ3v) is 4.07. The van der Waals surface area contributed by atoms with Crippen LogP contribution in [-0.2, 0) is 14.4 Å². The summed E-state index contributed by atoms with van der Waals surface area (Å²) in [4.78, 5) is 48.8. The lowest BCUT2D eigenvalue weighted by molar-refractivity contribution is -0.139. The van der Waals surface area contributed by atoms with E-state index in [1.807, 2.05) is 0 Å². The van der Waals surface area contributed by atoms with Crippen molar-refractivity contribution in [3.63, 3.8) is 0 Å². The van der Waals surface area contributed by atoms with Crippen molar-refractivity contribution in [2.45, 2.75) is 0 Å². The number of hydrogen-bond donors (Lipinski definition) is 3. The van der Waals surface area contributed by atoms with Gasteiger partial charge >= 0.3 is 12.0 Å². The number of ether oxygens (including phenoxy) is 1. The Morgan fingerprint density at radius 3 is 2.48 bits per heavy atom. The van der Waals surface area contributed by atoms with Gasteiger partial charge in [-0.1, -0.05) is 11.6 Å². The average molecular weight is 417 g/mol. The largest absolute Gasteiger partial charge is 0.508 e. The number of aliphatic carboxylic acids is 1. The highest BCUT2D eigenvalue weighted by molar-refractivity contribution is 6.39. The fraction of sp³-hybridized carbons (Fsp3) is 0.0526. The summed E-state index contributed by atoms with van der Waals surface area (Å²) < 4.78 is 5.16. The second kappa shape index (κ2) is 8.03. The molecule has 9 nitrogen and oxygen atoms in total. The highest BCUT2D eigenvalue weighted by atomic mass is 35.5. The predicted octanol–water partition coefficient (Wildman–Crippen LogP) is 2.18. The number of phenols is 1. The molecule has 1 aliphatic heterocycles. The molecule has 1 saturated heterocycles. The molecule has 148 valence electrons. The lowest BCUT2D eigenvalue weighted by Crippen LogP contribution is -2.54. The summed E-state index contributed by atoms with van der Waals surface area (Å²) in [5.74, 6) is -3.04. The first-order chi connectivity index (χ1) is 13.8. The zero-order valence-electron chi connectivity index (χ0n) is 14.6. The molecule has 1 aliphatic rings. The number of benzene rings is 2. The Kier molecular flexibility index (Phi) is 5.51. The van der Waals surface area contributed by atoms with Crippen LogP contribution in [0, 0.1) is 0 Å². The van der Waals surface area contributed by atoms with E-state index in [-0.39, 0.29) is 33.3 Å². The van der Waals surface area contributed by atoms with Crippen molar-refractivity contribution in [2.75, 3.05) is 11.5 Å². The van der Waals surface area contributed by atoms with Gasteiger partial charge in [0.1, 0.15) is 17.1 Å². The van der Waals surface area contributed by atoms with E-state index in [1.54, 1.807) is 0 Å². The zero-order valence-corrected chi connectivity index (χ0v) is 15.3. The first kappa shape index (κ1) is 19.9. The normalized spacial score (nSPS) is 15.4. The van der Waals surface area contributed by atoms with Crippen LogP contribution in [0.1, 0.15) is 5.56 Å². The number of halogens is 1. The van der Waals surface area contributed by atoms with Gasteiger partial charge in [0.15, 0.2) is 6.61 Å². The van der Waals surface area contributed by atoms with Crippen LogP contribution >= 0.6 is 11.6 Å². The van der Waals surface area contributed by atoms with Crippen LogP contribution in [0.2, 0.25) is 5.02 Å². The van der Waals surface area contributed by atoms with Gasteiger partial charge in [-0.2, -0.15) is 0 Å². The van der Waals surface area contributed by atoms with Crippen LogP contribution in [0.3, 0.4) is 0 Å². The Morgan fingerprint density at radius 2 is 1.83 bits per heavy atom. The second-order valence-corrected chi connectivity index (χ2v) is 6.28. The number of nitrogens with one attached hydrogen (secondary N) is 1. The van der Waals surface area contributed by atoms with Crippen molar-refractivity contribution >= 4 is 47.2 Å². The number of carboxylic acid groups (broad SMARTS) is 1.